The van der Waals surface area contributed by atoms with Gasteiger partial charge in [-0.15, -0.1) is 0 Å². The first kappa shape index (κ1) is 57.8. The molecule has 3 N–H and O–H groups in total. The van der Waals surface area contributed by atoms with Crippen LogP contribution in [0, 0.1) is 0 Å². The van der Waals surface area contributed by atoms with Crippen molar-refractivity contribution in [3.63, 3.8) is 0 Å². The van der Waals surface area contributed by atoms with Crippen molar-refractivity contribution < 1.29 is 24.5 Å². The Hall–Kier alpha value is -3.22. The lowest BCUT2D eigenvalue weighted by Gasteiger charge is -2.24. The molecule has 0 heterocycles. The van der Waals surface area contributed by atoms with Crippen LogP contribution in [-0.2, 0) is 14.3 Å². The highest BCUT2D eigenvalue weighted by molar-refractivity contribution is 5.77. The number of esters is 1. The summed E-state index contributed by atoms with van der Waals surface area (Å²) in [5.41, 5.74) is 0. The second-order valence-electron chi connectivity index (χ2n) is 16.6. The molecule has 0 fully saturated rings. The van der Waals surface area contributed by atoms with E-state index in [0.717, 1.165) is 96.3 Å². The Bertz CT molecular complexity index is 1220. The van der Waals surface area contributed by atoms with Gasteiger partial charge in [-0.05, 0) is 83.5 Å². The molecule has 3 unspecified atom stereocenters. The average molecular weight is 848 g/mol. The molecule has 348 valence electrons. The van der Waals surface area contributed by atoms with Gasteiger partial charge in [0.2, 0.25) is 5.91 Å². The lowest BCUT2D eigenvalue weighted by molar-refractivity contribution is -0.151. The number of hydrogen-bond donors (Lipinski definition) is 3. The molecule has 0 aliphatic heterocycles. The number of carbonyl (C=O) groups excluding carboxylic acids is 2. The maximum absolute atomic E-state index is 13.2. The number of allylic oxidation sites excluding steroid dienone is 16. The van der Waals surface area contributed by atoms with Gasteiger partial charge in [-0.25, -0.2) is 0 Å². The van der Waals surface area contributed by atoms with Gasteiger partial charge in [0.1, 0.15) is 6.10 Å². The number of ether oxygens (including phenoxy) is 1. The Morgan fingerprint density at radius 2 is 0.934 bits per heavy atom. The summed E-state index contributed by atoms with van der Waals surface area (Å²) in [5.74, 6) is -0.551. The lowest BCUT2D eigenvalue weighted by Crippen LogP contribution is -2.46. The molecule has 1 amide bonds. The molecule has 0 rings (SSSR count). The Balaban J connectivity index is 4.75. The second-order valence-corrected chi connectivity index (χ2v) is 16.6. The summed E-state index contributed by atoms with van der Waals surface area (Å²) in [7, 11) is 0. The molecule has 0 aromatic carbocycles. The molecule has 6 heteroatoms. The first-order chi connectivity index (χ1) is 30.0. The minimum Gasteiger partial charge on any atom is -0.462 e. The number of hydrogen-bond acceptors (Lipinski definition) is 5. The van der Waals surface area contributed by atoms with Gasteiger partial charge in [-0.2, -0.15) is 0 Å². The Morgan fingerprint density at radius 3 is 1.52 bits per heavy atom. The summed E-state index contributed by atoms with van der Waals surface area (Å²) in [4.78, 5) is 26.1. The van der Waals surface area contributed by atoms with Crippen LogP contribution in [0.1, 0.15) is 213 Å². The van der Waals surface area contributed by atoms with E-state index in [0.29, 0.717) is 19.3 Å². The van der Waals surface area contributed by atoms with Crippen molar-refractivity contribution >= 4 is 11.9 Å². The molecule has 0 aromatic rings. The van der Waals surface area contributed by atoms with E-state index in [9.17, 15) is 19.8 Å². The summed E-state index contributed by atoms with van der Waals surface area (Å²) in [6.07, 6.45) is 63.2. The van der Waals surface area contributed by atoms with E-state index >= 15 is 0 Å². The van der Waals surface area contributed by atoms with Gasteiger partial charge in [0.25, 0.3) is 0 Å². The number of aliphatic hydroxyl groups excluding tert-OH is 2. The van der Waals surface area contributed by atoms with E-state index in [-0.39, 0.29) is 24.9 Å². The van der Waals surface area contributed by atoms with Gasteiger partial charge in [-0.3, -0.25) is 9.59 Å². The highest BCUT2D eigenvalue weighted by Crippen LogP contribution is 2.16. The molecule has 6 nitrogen and oxygen atoms in total. The zero-order valence-electron chi connectivity index (χ0n) is 39.5. The Morgan fingerprint density at radius 1 is 0.492 bits per heavy atom. The lowest BCUT2D eigenvalue weighted by atomic mass is 10.0. The van der Waals surface area contributed by atoms with Gasteiger partial charge in [0.15, 0.2) is 0 Å². The summed E-state index contributed by atoms with van der Waals surface area (Å²) in [5, 5.41) is 23.6. The van der Waals surface area contributed by atoms with Crippen molar-refractivity contribution in [1.29, 1.82) is 0 Å². The summed E-state index contributed by atoms with van der Waals surface area (Å²) >= 11 is 0. The fraction of sp³-hybridized carbons (Fsp3) is 0.673. The SMILES string of the molecule is CCC/C=C/C=C/C=C/C=C/C=C/CCCCCC(CC(=O)NC(CO)C(O)CCCCCCCCCCC)OC(=O)CCCCCC/C=C\C/C=C\C/C=C\CCCCC. The zero-order chi connectivity index (χ0) is 44.5. The maximum Gasteiger partial charge on any atom is 0.306 e. The van der Waals surface area contributed by atoms with Crippen LogP contribution in [0.25, 0.3) is 0 Å². The highest BCUT2D eigenvalue weighted by atomic mass is 16.5. The molecule has 0 spiro atoms. The molecule has 0 aromatic heterocycles. The first-order valence-electron chi connectivity index (χ1n) is 25.0. The molecule has 0 aliphatic carbocycles. The fourth-order valence-electron chi connectivity index (χ4n) is 6.94. The van der Waals surface area contributed by atoms with Gasteiger partial charge in [0.05, 0.1) is 25.2 Å². The minimum atomic E-state index is -0.808. The molecular formula is C55H93NO5. The largest absolute Gasteiger partial charge is 0.462 e. The summed E-state index contributed by atoms with van der Waals surface area (Å²) in [6, 6.07) is -0.725. The van der Waals surface area contributed by atoms with Crippen molar-refractivity contribution in [2.24, 2.45) is 0 Å². The first-order valence-corrected chi connectivity index (χ1v) is 25.0. The van der Waals surface area contributed by atoms with Gasteiger partial charge in [0, 0.05) is 6.42 Å². The molecule has 0 bridgehead atoms. The molecule has 0 saturated heterocycles. The molecular weight excluding hydrogens is 755 g/mol. The van der Waals surface area contributed by atoms with Crippen LogP contribution < -0.4 is 5.32 Å². The number of nitrogens with one attached hydrogen (secondary N) is 1. The quantitative estimate of drug-likeness (QED) is 0.0246. The van der Waals surface area contributed by atoms with Crippen molar-refractivity contribution in [2.75, 3.05) is 6.61 Å². The molecule has 0 aliphatic rings. The summed E-state index contributed by atoms with van der Waals surface area (Å²) in [6.45, 7) is 6.32. The van der Waals surface area contributed by atoms with E-state index in [1.807, 2.05) is 36.5 Å². The van der Waals surface area contributed by atoms with Gasteiger partial charge < -0.3 is 20.3 Å². The summed E-state index contributed by atoms with van der Waals surface area (Å²) < 4.78 is 5.90. The smallest absolute Gasteiger partial charge is 0.306 e. The number of rotatable bonds is 43. The predicted molar refractivity (Wildman–Crippen MR) is 264 cm³/mol. The van der Waals surface area contributed by atoms with Gasteiger partial charge >= 0.3 is 5.97 Å². The van der Waals surface area contributed by atoms with E-state index in [4.69, 9.17) is 4.74 Å². The van der Waals surface area contributed by atoms with Crippen LogP contribution in [0.5, 0.6) is 0 Å². The van der Waals surface area contributed by atoms with Crippen molar-refractivity contribution in [3.05, 3.63) is 97.2 Å². The highest BCUT2D eigenvalue weighted by Gasteiger charge is 2.24. The minimum absolute atomic E-state index is 0.0344. The van der Waals surface area contributed by atoms with Crippen LogP contribution >= 0.6 is 0 Å². The molecule has 61 heavy (non-hydrogen) atoms. The van der Waals surface area contributed by atoms with Crippen LogP contribution in [-0.4, -0.2) is 46.9 Å². The van der Waals surface area contributed by atoms with Crippen molar-refractivity contribution in [3.8, 4) is 0 Å². The zero-order valence-corrected chi connectivity index (χ0v) is 39.5. The normalized spacial score (nSPS) is 14.1. The van der Waals surface area contributed by atoms with Crippen LogP contribution in [0.3, 0.4) is 0 Å². The standard InChI is InChI=1S/C55H93NO5/c1-4-7-10-13-16-19-21-23-25-27-29-31-33-36-39-42-45-48-55(60)61-51(46-43-40-37-35-32-30-28-26-24-22-20-17-14-11-8-5-2)49-54(59)56-52(50-57)53(58)47-44-41-38-34-18-15-12-9-6-3/h11,14,16-17,19-20,22-26,28-32,51-53,57-58H,4-10,12-13,15,18,21,27,33-50H2,1-3H3,(H,56,59)/b14-11+,19-16-,20-17+,24-22+,25-23-,28-26+,31-29-,32-30+. The number of unbranched alkanes of at least 4 members (excludes halogenated alkanes) is 19. The predicted octanol–water partition coefficient (Wildman–Crippen LogP) is 14.9. The number of aliphatic hydroxyl groups is 2. The van der Waals surface area contributed by atoms with Crippen LogP contribution in [0.15, 0.2) is 97.2 Å². The third-order valence-corrected chi connectivity index (χ3v) is 10.7. The third-order valence-electron chi connectivity index (χ3n) is 10.7. The van der Waals surface area contributed by atoms with Crippen molar-refractivity contribution in [1.82, 2.24) is 5.32 Å². The second kappa shape index (κ2) is 47.8. The molecule has 0 radical (unpaired) electrons. The Kier molecular flexibility index (Phi) is 45.3. The molecule has 3 atom stereocenters. The molecule has 0 saturated carbocycles. The number of amides is 1. The van der Waals surface area contributed by atoms with Crippen LogP contribution in [0.4, 0.5) is 0 Å². The third kappa shape index (κ3) is 43.2. The number of carbonyl (C=O) groups is 2. The Labute approximate surface area is 376 Å². The van der Waals surface area contributed by atoms with Crippen molar-refractivity contribution in [2.45, 2.75) is 232 Å². The monoisotopic (exact) mass is 848 g/mol. The van der Waals surface area contributed by atoms with Crippen LogP contribution in [0.2, 0.25) is 0 Å². The van der Waals surface area contributed by atoms with E-state index in [2.05, 4.69) is 86.8 Å². The average Bonchev–Trinajstić information content (AvgIpc) is 3.25. The van der Waals surface area contributed by atoms with E-state index < -0.39 is 18.2 Å². The van der Waals surface area contributed by atoms with E-state index in [1.54, 1.807) is 0 Å². The van der Waals surface area contributed by atoms with E-state index in [1.165, 1.54) is 70.6 Å². The fourth-order valence-corrected chi connectivity index (χ4v) is 6.94. The van der Waals surface area contributed by atoms with Gasteiger partial charge in [-0.1, -0.05) is 214 Å². The maximum atomic E-state index is 13.2. The topological polar surface area (TPSA) is 95.9 Å².